The third kappa shape index (κ3) is 2.59. The van der Waals surface area contributed by atoms with Gasteiger partial charge >= 0.3 is 0 Å². The molecule has 0 saturated carbocycles. The van der Waals surface area contributed by atoms with Crippen LogP contribution in [-0.2, 0) is 0 Å². The molecule has 110 valence electrons. The van der Waals surface area contributed by atoms with E-state index in [1.165, 1.54) is 14.2 Å². The third-order valence-corrected chi connectivity index (χ3v) is 4.75. The number of hydrogen-bond acceptors (Lipinski definition) is 5. The highest BCUT2D eigenvalue weighted by Gasteiger charge is 2.25. The van der Waals surface area contributed by atoms with Crippen LogP contribution in [0.1, 0.15) is 10.9 Å². The molecule has 1 aliphatic heterocycles. The predicted octanol–water partition coefficient (Wildman–Crippen LogP) is 4.28. The van der Waals surface area contributed by atoms with Crippen molar-refractivity contribution in [3.63, 3.8) is 0 Å². The fourth-order valence-electron chi connectivity index (χ4n) is 2.23. The molecule has 21 heavy (non-hydrogen) atoms. The summed E-state index contributed by atoms with van der Waals surface area (Å²) in [4.78, 5) is 1.13. The summed E-state index contributed by atoms with van der Waals surface area (Å²) in [5.41, 5.74) is 1.96. The average molecular weight is 324 g/mol. The van der Waals surface area contributed by atoms with Gasteiger partial charge < -0.3 is 19.9 Å². The highest BCUT2D eigenvalue weighted by molar-refractivity contribution is 8.00. The van der Waals surface area contributed by atoms with Crippen LogP contribution in [0.3, 0.4) is 0 Å². The SMILES string of the molecule is COc1cc([C@@H]2Nc3cc(Cl)ccc3S2)cc(OC)c1O. The van der Waals surface area contributed by atoms with Crippen molar-refractivity contribution in [2.24, 2.45) is 0 Å². The van der Waals surface area contributed by atoms with E-state index in [-0.39, 0.29) is 11.1 Å². The van der Waals surface area contributed by atoms with Gasteiger partial charge in [-0.2, -0.15) is 0 Å². The number of anilines is 1. The highest BCUT2D eigenvalue weighted by atomic mass is 35.5. The van der Waals surface area contributed by atoms with Gasteiger partial charge in [0.25, 0.3) is 0 Å². The van der Waals surface area contributed by atoms with E-state index in [1.807, 2.05) is 18.2 Å². The van der Waals surface area contributed by atoms with Gasteiger partial charge in [0.1, 0.15) is 5.37 Å². The van der Waals surface area contributed by atoms with Crippen LogP contribution in [0.15, 0.2) is 35.2 Å². The number of nitrogens with one attached hydrogen (secondary N) is 1. The molecule has 0 radical (unpaired) electrons. The van der Waals surface area contributed by atoms with E-state index < -0.39 is 0 Å². The summed E-state index contributed by atoms with van der Waals surface area (Å²) in [6, 6.07) is 9.37. The molecule has 0 fully saturated rings. The first-order valence-corrected chi connectivity index (χ1v) is 7.55. The van der Waals surface area contributed by atoms with E-state index in [4.69, 9.17) is 21.1 Å². The van der Waals surface area contributed by atoms with Gasteiger partial charge in [-0.1, -0.05) is 23.4 Å². The summed E-state index contributed by atoms with van der Waals surface area (Å²) in [7, 11) is 3.03. The number of thioether (sulfide) groups is 1. The molecule has 0 amide bonds. The molecule has 2 aromatic carbocycles. The van der Waals surface area contributed by atoms with Crippen LogP contribution < -0.4 is 14.8 Å². The van der Waals surface area contributed by atoms with Crippen LogP contribution in [0.4, 0.5) is 5.69 Å². The molecule has 0 aromatic heterocycles. The lowest BCUT2D eigenvalue weighted by Gasteiger charge is -2.15. The Bertz CT molecular complexity index is 668. The molecule has 0 unspecified atom stereocenters. The zero-order valence-electron chi connectivity index (χ0n) is 11.5. The minimum Gasteiger partial charge on any atom is -0.502 e. The topological polar surface area (TPSA) is 50.7 Å². The first-order chi connectivity index (χ1) is 10.1. The predicted molar refractivity (Wildman–Crippen MR) is 84.9 cm³/mol. The van der Waals surface area contributed by atoms with E-state index in [0.29, 0.717) is 16.5 Å². The number of ether oxygens (including phenoxy) is 2. The first kappa shape index (κ1) is 14.2. The second-order valence-electron chi connectivity index (χ2n) is 4.56. The van der Waals surface area contributed by atoms with E-state index in [0.717, 1.165) is 16.1 Å². The van der Waals surface area contributed by atoms with Crippen molar-refractivity contribution < 1.29 is 14.6 Å². The molecular formula is C15H14ClNO3S. The van der Waals surface area contributed by atoms with Crippen LogP contribution in [0, 0.1) is 0 Å². The van der Waals surface area contributed by atoms with Crippen LogP contribution in [0.5, 0.6) is 17.2 Å². The maximum atomic E-state index is 9.97. The van der Waals surface area contributed by atoms with E-state index in [1.54, 1.807) is 23.9 Å². The Morgan fingerprint density at radius 2 is 1.81 bits per heavy atom. The molecule has 0 saturated heterocycles. The number of halogens is 1. The summed E-state index contributed by atoms with van der Waals surface area (Å²) in [6.07, 6.45) is 0. The molecule has 0 bridgehead atoms. The van der Waals surface area contributed by atoms with Crippen molar-refractivity contribution in [2.75, 3.05) is 19.5 Å². The normalized spacial score (nSPS) is 16.2. The lowest BCUT2D eigenvalue weighted by atomic mass is 10.1. The number of rotatable bonds is 3. The number of fused-ring (bicyclic) bond motifs is 1. The third-order valence-electron chi connectivity index (χ3n) is 3.28. The van der Waals surface area contributed by atoms with E-state index >= 15 is 0 Å². The smallest absolute Gasteiger partial charge is 0.200 e. The van der Waals surface area contributed by atoms with Gasteiger partial charge in [0.05, 0.1) is 19.9 Å². The van der Waals surface area contributed by atoms with Gasteiger partial charge in [-0.05, 0) is 35.9 Å². The minimum atomic E-state index is 0.00676. The van der Waals surface area contributed by atoms with Crippen LogP contribution in [-0.4, -0.2) is 19.3 Å². The maximum absolute atomic E-state index is 9.97. The fourth-order valence-corrected chi connectivity index (χ4v) is 3.51. The number of methoxy groups -OCH3 is 2. The van der Waals surface area contributed by atoms with Crippen molar-refractivity contribution in [3.8, 4) is 17.2 Å². The largest absolute Gasteiger partial charge is 0.502 e. The molecule has 0 spiro atoms. The second kappa shape index (κ2) is 5.58. The van der Waals surface area contributed by atoms with Gasteiger partial charge in [-0.3, -0.25) is 0 Å². The second-order valence-corrected chi connectivity index (χ2v) is 6.14. The van der Waals surface area contributed by atoms with Crippen molar-refractivity contribution in [2.45, 2.75) is 10.3 Å². The molecule has 3 rings (SSSR count). The summed E-state index contributed by atoms with van der Waals surface area (Å²) in [5, 5.41) is 14.1. The van der Waals surface area contributed by atoms with Crippen molar-refractivity contribution in [1.82, 2.24) is 0 Å². The average Bonchev–Trinajstić information content (AvgIpc) is 2.90. The standard InChI is InChI=1S/C15H14ClNO3S/c1-19-11-5-8(6-12(20-2)14(11)18)15-17-10-7-9(16)3-4-13(10)21-15/h3-7,15,17-18H,1-2H3/t15-/m1/s1. The molecule has 4 nitrogen and oxygen atoms in total. The van der Waals surface area contributed by atoms with Gasteiger partial charge in [-0.25, -0.2) is 0 Å². The molecule has 0 aliphatic carbocycles. The number of hydrogen-bond donors (Lipinski definition) is 2. The zero-order valence-corrected chi connectivity index (χ0v) is 13.1. The Labute approximate surface area is 132 Å². The van der Waals surface area contributed by atoms with Gasteiger partial charge in [0.2, 0.25) is 5.75 Å². The quantitative estimate of drug-likeness (QED) is 0.883. The van der Waals surface area contributed by atoms with Crippen LogP contribution in [0.2, 0.25) is 5.02 Å². The summed E-state index contributed by atoms with van der Waals surface area (Å²) < 4.78 is 10.4. The lowest BCUT2D eigenvalue weighted by Crippen LogP contribution is -2.02. The molecule has 1 atom stereocenters. The Kier molecular flexibility index (Phi) is 3.78. The molecule has 2 aromatic rings. The number of phenolic OH excluding ortho intramolecular Hbond substituents is 1. The van der Waals surface area contributed by atoms with Crippen molar-refractivity contribution in [3.05, 3.63) is 40.9 Å². The van der Waals surface area contributed by atoms with Gasteiger partial charge in [0, 0.05) is 9.92 Å². The molecule has 2 N–H and O–H groups in total. The Morgan fingerprint density at radius 3 is 2.43 bits per heavy atom. The Morgan fingerprint density at radius 1 is 1.14 bits per heavy atom. The lowest BCUT2D eigenvalue weighted by molar-refractivity contribution is 0.339. The number of benzene rings is 2. The summed E-state index contributed by atoms with van der Waals surface area (Å²) in [6.45, 7) is 0. The number of phenols is 1. The van der Waals surface area contributed by atoms with Crippen molar-refractivity contribution >= 4 is 29.1 Å². The summed E-state index contributed by atoms with van der Waals surface area (Å²) in [5.74, 6) is 0.786. The van der Waals surface area contributed by atoms with Crippen LogP contribution >= 0.6 is 23.4 Å². The highest BCUT2D eigenvalue weighted by Crippen LogP contribution is 2.49. The zero-order chi connectivity index (χ0) is 15.0. The van der Waals surface area contributed by atoms with Gasteiger partial charge in [0.15, 0.2) is 11.5 Å². The fraction of sp³-hybridized carbons (Fsp3) is 0.200. The van der Waals surface area contributed by atoms with Gasteiger partial charge in [-0.15, -0.1) is 0 Å². The Hall–Kier alpha value is -1.72. The monoisotopic (exact) mass is 323 g/mol. The minimum absolute atomic E-state index is 0.00676. The maximum Gasteiger partial charge on any atom is 0.200 e. The first-order valence-electron chi connectivity index (χ1n) is 6.30. The van der Waals surface area contributed by atoms with E-state index in [2.05, 4.69) is 5.32 Å². The van der Waals surface area contributed by atoms with E-state index in [9.17, 15) is 5.11 Å². The molecule has 1 heterocycles. The van der Waals surface area contributed by atoms with Crippen molar-refractivity contribution in [1.29, 1.82) is 0 Å². The van der Waals surface area contributed by atoms with Crippen LogP contribution in [0.25, 0.3) is 0 Å². The Balaban J connectivity index is 1.96. The molecule has 1 aliphatic rings. The molecular weight excluding hydrogens is 310 g/mol. The summed E-state index contributed by atoms with van der Waals surface area (Å²) >= 11 is 7.69. The number of aromatic hydroxyl groups is 1. The molecule has 6 heteroatoms.